The Kier molecular flexibility index (Phi) is 5.78. The van der Waals surface area contributed by atoms with Gasteiger partial charge in [0.15, 0.2) is 5.78 Å². The summed E-state index contributed by atoms with van der Waals surface area (Å²) in [6.45, 7) is 5.60. The Hall–Kier alpha value is -2.57. The van der Waals surface area contributed by atoms with Crippen molar-refractivity contribution in [2.24, 2.45) is 0 Å². The van der Waals surface area contributed by atoms with Crippen LogP contribution >= 0.6 is 0 Å². The van der Waals surface area contributed by atoms with Gasteiger partial charge in [-0.15, -0.1) is 10.2 Å². The van der Waals surface area contributed by atoms with Crippen molar-refractivity contribution in [1.29, 1.82) is 0 Å². The predicted octanol–water partition coefficient (Wildman–Crippen LogP) is 3.17. The molecule has 2 aromatic rings. The van der Waals surface area contributed by atoms with Gasteiger partial charge in [0.05, 0.1) is 0 Å². The number of benzene rings is 1. The molecule has 2 rings (SSSR count). The van der Waals surface area contributed by atoms with E-state index >= 15 is 0 Å². The van der Waals surface area contributed by atoms with Crippen molar-refractivity contribution < 1.29 is 18.4 Å². The van der Waals surface area contributed by atoms with E-state index in [1.54, 1.807) is 6.92 Å². The number of amides is 1. The van der Waals surface area contributed by atoms with Gasteiger partial charge < -0.3 is 9.73 Å². The second-order valence-corrected chi connectivity index (χ2v) is 5.85. The van der Waals surface area contributed by atoms with Crippen LogP contribution in [-0.2, 0) is 4.79 Å². The molecule has 24 heavy (non-hydrogen) atoms. The van der Waals surface area contributed by atoms with Crippen molar-refractivity contribution in [3.05, 3.63) is 47.4 Å². The van der Waals surface area contributed by atoms with E-state index in [1.807, 2.05) is 13.8 Å². The van der Waals surface area contributed by atoms with Crippen LogP contribution in [0.25, 0.3) is 0 Å². The fourth-order valence-corrected chi connectivity index (χ4v) is 2.04. The predicted molar refractivity (Wildman–Crippen MR) is 84.9 cm³/mol. The van der Waals surface area contributed by atoms with E-state index in [9.17, 15) is 14.0 Å². The van der Waals surface area contributed by atoms with Gasteiger partial charge in [0.2, 0.25) is 17.7 Å². The Balaban J connectivity index is 1.83. The highest BCUT2D eigenvalue weighted by molar-refractivity contribution is 5.97. The maximum absolute atomic E-state index is 12.8. The molecular weight excluding hydrogens is 313 g/mol. The number of ketones is 1. The van der Waals surface area contributed by atoms with Crippen LogP contribution in [-0.4, -0.2) is 21.9 Å². The molecule has 1 N–H and O–H groups in total. The maximum atomic E-state index is 12.8. The van der Waals surface area contributed by atoms with Crippen LogP contribution in [0.1, 0.15) is 67.7 Å². The van der Waals surface area contributed by atoms with Gasteiger partial charge in [0.25, 0.3) is 0 Å². The summed E-state index contributed by atoms with van der Waals surface area (Å²) in [7, 11) is 0. The Morgan fingerprint density at radius 3 is 2.29 bits per heavy atom. The molecule has 7 heteroatoms. The van der Waals surface area contributed by atoms with Gasteiger partial charge >= 0.3 is 0 Å². The second-order valence-electron chi connectivity index (χ2n) is 5.85. The van der Waals surface area contributed by atoms with Gasteiger partial charge in [-0.3, -0.25) is 9.59 Å². The molecule has 1 aromatic carbocycles. The quantitative estimate of drug-likeness (QED) is 0.787. The lowest BCUT2D eigenvalue weighted by Crippen LogP contribution is -2.27. The summed E-state index contributed by atoms with van der Waals surface area (Å²) in [5.41, 5.74) is 0.385. The van der Waals surface area contributed by atoms with Gasteiger partial charge in [-0.05, 0) is 31.2 Å². The molecule has 0 fully saturated rings. The third-order valence-corrected chi connectivity index (χ3v) is 3.44. The smallest absolute Gasteiger partial charge is 0.238 e. The molecule has 0 saturated heterocycles. The molecule has 1 amide bonds. The Morgan fingerprint density at radius 2 is 1.71 bits per heavy atom. The first-order chi connectivity index (χ1) is 11.4. The van der Waals surface area contributed by atoms with Crippen molar-refractivity contribution in [3.8, 4) is 0 Å². The minimum atomic E-state index is -0.432. The summed E-state index contributed by atoms with van der Waals surface area (Å²) in [5, 5.41) is 10.5. The molecule has 0 saturated carbocycles. The fourth-order valence-electron chi connectivity index (χ4n) is 2.04. The van der Waals surface area contributed by atoms with Crippen molar-refractivity contribution in [3.63, 3.8) is 0 Å². The average molecular weight is 333 g/mol. The normalized spacial score (nSPS) is 12.2. The molecule has 0 spiro atoms. The van der Waals surface area contributed by atoms with Crippen molar-refractivity contribution in [2.45, 2.75) is 45.6 Å². The lowest BCUT2D eigenvalue weighted by Gasteiger charge is -2.09. The fraction of sp³-hybridized carbons (Fsp3) is 0.412. The summed E-state index contributed by atoms with van der Waals surface area (Å²) < 4.78 is 18.3. The van der Waals surface area contributed by atoms with E-state index in [0.717, 1.165) is 0 Å². The molecule has 0 aliphatic rings. The van der Waals surface area contributed by atoms with E-state index in [2.05, 4.69) is 15.5 Å². The van der Waals surface area contributed by atoms with Crippen LogP contribution in [0.5, 0.6) is 0 Å². The number of nitrogens with one attached hydrogen (secondary N) is 1. The zero-order chi connectivity index (χ0) is 17.7. The van der Waals surface area contributed by atoms with Crippen LogP contribution in [0.3, 0.4) is 0 Å². The van der Waals surface area contributed by atoms with E-state index in [1.165, 1.54) is 24.3 Å². The maximum Gasteiger partial charge on any atom is 0.238 e. The number of rotatable bonds is 7. The monoisotopic (exact) mass is 333 g/mol. The summed E-state index contributed by atoms with van der Waals surface area (Å²) >= 11 is 0. The minimum absolute atomic E-state index is 0.0335. The second kappa shape index (κ2) is 7.81. The van der Waals surface area contributed by atoms with Gasteiger partial charge in [-0.2, -0.15) is 0 Å². The third-order valence-electron chi connectivity index (χ3n) is 3.44. The van der Waals surface area contributed by atoms with Gasteiger partial charge in [-0.1, -0.05) is 13.8 Å². The van der Waals surface area contributed by atoms with Crippen molar-refractivity contribution in [1.82, 2.24) is 15.5 Å². The van der Waals surface area contributed by atoms with E-state index in [0.29, 0.717) is 17.3 Å². The van der Waals surface area contributed by atoms with Gasteiger partial charge in [0.1, 0.15) is 11.9 Å². The Bertz CT molecular complexity index is 710. The van der Waals surface area contributed by atoms with E-state index in [4.69, 9.17) is 4.42 Å². The SMILES string of the molecule is CC(C)c1nnc([C@@H](C)NC(=O)CCC(=O)c2ccc(F)cc2)o1. The topological polar surface area (TPSA) is 85.1 Å². The molecule has 1 atom stereocenters. The first kappa shape index (κ1) is 17.8. The minimum Gasteiger partial charge on any atom is -0.423 e. The third kappa shape index (κ3) is 4.71. The average Bonchev–Trinajstić information content (AvgIpc) is 3.03. The molecule has 0 bridgehead atoms. The highest BCUT2D eigenvalue weighted by Crippen LogP contribution is 2.17. The van der Waals surface area contributed by atoms with E-state index < -0.39 is 11.9 Å². The molecule has 1 aromatic heterocycles. The summed E-state index contributed by atoms with van der Waals surface area (Å²) in [6, 6.07) is 4.82. The van der Waals surface area contributed by atoms with Crippen LogP contribution in [0.4, 0.5) is 4.39 Å². The van der Waals surface area contributed by atoms with Gasteiger partial charge in [0, 0.05) is 24.3 Å². The molecule has 0 aliphatic carbocycles. The highest BCUT2D eigenvalue weighted by atomic mass is 19.1. The number of Topliss-reactive ketones (excluding diaryl/α,β-unsaturated/α-hetero) is 1. The number of nitrogens with zero attached hydrogens (tertiary/aromatic N) is 2. The van der Waals surface area contributed by atoms with Crippen LogP contribution in [0.15, 0.2) is 28.7 Å². The standard InChI is InChI=1S/C17H20FN3O3/c1-10(2)16-20-21-17(24-16)11(3)19-15(23)9-8-14(22)12-4-6-13(18)7-5-12/h4-7,10-11H,8-9H2,1-3H3,(H,19,23)/t11-/m1/s1. The van der Waals surface area contributed by atoms with Crippen molar-refractivity contribution in [2.75, 3.05) is 0 Å². The first-order valence-electron chi connectivity index (χ1n) is 7.78. The lowest BCUT2D eigenvalue weighted by molar-refractivity contribution is -0.121. The molecule has 0 radical (unpaired) electrons. The zero-order valence-corrected chi connectivity index (χ0v) is 13.9. The summed E-state index contributed by atoms with van der Waals surface area (Å²) in [5.74, 6) is 0.0513. The Morgan fingerprint density at radius 1 is 1.08 bits per heavy atom. The Labute approximate surface area is 139 Å². The van der Waals surface area contributed by atoms with Crippen LogP contribution < -0.4 is 5.32 Å². The first-order valence-corrected chi connectivity index (χ1v) is 7.78. The largest absolute Gasteiger partial charge is 0.423 e. The number of aromatic nitrogens is 2. The molecule has 128 valence electrons. The molecule has 0 aliphatic heterocycles. The highest BCUT2D eigenvalue weighted by Gasteiger charge is 2.18. The number of hydrogen-bond donors (Lipinski definition) is 1. The number of carbonyl (C=O) groups excluding carboxylic acids is 2. The number of carbonyl (C=O) groups is 2. The molecule has 1 heterocycles. The molecular formula is C17H20FN3O3. The van der Waals surface area contributed by atoms with E-state index in [-0.39, 0.29) is 30.4 Å². The summed E-state index contributed by atoms with van der Waals surface area (Å²) in [4.78, 5) is 23.9. The van der Waals surface area contributed by atoms with Gasteiger partial charge in [-0.25, -0.2) is 4.39 Å². The van der Waals surface area contributed by atoms with Crippen LogP contribution in [0, 0.1) is 5.82 Å². The summed E-state index contributed by atoms with van der Waals surface area (Å²) in [6.07, 6.45) is 0.0803. The van der Waals surface area contributed by atoms with Crippen molar-refractivity contribution >= 4 is 11.7 Å². The van der Waals surface area contributed by atoms with Crippen LogP contribution in [0.2, 0.25) is 0 Å². The number of halogens is 1. The molecule has 0 unspecified atom stereocenters. The zero-order valence-electron chi connectivity index (χ0n) is 13.9. The lowest BCUT2D eigenvalue weighted by atomic mass is 10.1. The number of hydrogen-bond acceptors (Lipinski definition) is 5. The molecule has 6 nitrogen and oxygen atoms in total.